The number of carbonyl (C=O) groups excluding carboxylic acids is 1. The number of nitriles is 1. The van der Waals surface area contributed by atoms with Crippen LogP contribution >= 0.6 is 27.3 Å². The van der Waals surface area contributed by atoms with Crippen LogP contribution in [0.3, 0.4) is 0 Å². The first kappa shape index (κ1) is 14.5. The SMILES string of the molecule is CC(C)(Br)C(=O)Nc1sc2c(c1C#N)CCCCC2. The van der Waals surface area contributed by atoms with Crippen LogP contribution in [0.15, 0.2) is 0 Å². The average Bonchev–Trinajstić information content (AvgIpc) is 2.50. The van der Waals surface area contributed by atoms with E-state index in [4.69, 9.17) is 0 Å². The van der Waals surface area contributed by atoms with E-state index >= 15 is 0 Å². The van der Waals surface area contributed by atoms with Crippen LogP contribution in [0, 0.1) is 11.3 Å². The molecule has 0 bridgehead atoms. The number of amides is 1. The van der Waals surface area contributed by atoms with Gasteiger partial charge in [-0.15, -0.1) is 11.3 Å². The highest BCUT2D eigenvalue weighted by molar-refractivity contribution is 9.10. The molecule has 1 amide bonds. The molecule has 1 N–H and O–H groups in total. The van der Waals surface area contributed by atoms with Crippen molar-refractivity contribution >= 4 is 38.2 Å². The van der Waals surface area contributed by atoms with E-state index < -0.39 is 4.32 Å². The molecule has 0 aromatic carbocycles. The van der Waals surface area contributed by atoms with E-state index in [9.17, 15) is 10.1 Å². The van der Waals surface area contributed by atoms with E-state index in [1.807, 2.05) is 0 Å². The summed E-state index contributed by atoms with van der Waals surface area (Å²) >= 11 is 4.91. The zero-order chi connectivity index (χ0) is 14.0. The van der Waals surface area contributed by atoms with Gasteiger partial charge in [-0.25, -0.2) is 0 Å². The van der Waals surface area contributed by atoms with Gasteiger partial charge in [-0.2, -0.15) is 5.26 Å². The van der Waals surface area contributed by atoms with Crippen molar-refractivity contribution in [3.05, 3.63) is 16.0 Å². The normalized spacial score (nSPS) is 15.3. The van der Waals surface area contributed by atoms with Crippen LogP contribution in [0.4, 0.5) is 5.00 Å². The second kappa shape index (κ2) is 5.64. The van der Waals surface area contributed by atoms with Crippen LogP contribution in [0.5, 0.6) is 0 Å². The summed E-state index contributed by atoms with van der Waals surface area (Å²) in [5.74, 6) is -0.111. The molecule has 1 aliphatic carbocycles. The number of halogens is 1. The van der Waals surface area contributed by atoms with E-state index in [0.29, 0.717) is 10.6 Å². The van der Waals surface area contributed by atoms with Gasteiger partial charge in [-0.05, 0) is 45.1 Å². The van der Waals surface area contributed by atoms with Gasteiger partial charge in [-0.3, -0.25) is 4.79 Å². The van der Waals surface area contributed by atoms with Crippen molar-refractivity contribution < 1.29 is 4.79 Å². The molecule has 0 saturated carbocycles. The number of fused-ring (bicyclic) bond motifs is 1. The molecule has 0 unspecified atom stereocenters. The van der Waals surface area contributed by atoms with Gasteiger partial charge >= 0.3 is 0 Å². The predicted molar refractivity (Wildman–Crippen MR) is 81.9 cm³/mol. The topological polar surface area (TPSA) is 52.9 Å². The molecule has 0 aliphatic heterocycles. The molecule has 1 aromatic rings. The minimum absolute atomic E-state index is 0.111. The Labute approximate surface area is 126 Å². The second-order valence-corrected chi connectivity index (χ2v) is 8.39. The summed E-state index contributed by atoms with van der Waals surface area (Å²) in [6, 6.07) is 2.27. The summed E-state index contributed by atoms with van der Waals surface area (Å²) in [4.78, 5) is 13.3. The molecule has 19 heavy (non-hydrogen) atoms. The minimum Gasteiger partial charge on any atom is -0.315 e. The molecule has 3 nitrogen and oxygen atoms in total. The molecule has 5 heteroatoms. The largest absolute Gasteiger partial charge is 0.315 e. The van der Waals surface area contributed by atoms with Crippen LogP contribution < -0.4 is 5.32 Å². The Hall–Kier alpha value is -0.860. The van der Waals surface area contributed by atoms with Crippen molar-refractivity contribution in [2.75, 3.05) is 5.32 Å². The number of thiophene rings is 1. The van der Waals surface area contributed by atoms with E-state index in [0.717, 1.165) is 24.8 Å². The van der Waals surface area contributed by atoms with Gasteiger partial charge in [-0.1, -0.05) is 22.4 Å². The fourth-order valence-electron chi connectivity index (χ4n) is 2.20. The van der Waals surface area contributed by atoms with Gasteiger partial charge in [0.1, 0.15) is 11.1 Å². The molecule has 0 spiro atoms. The number of aryl methyl sites for hydroxylation is 1. The van der Waals surface area contributed by atoms with E-state index in [2.05, 4.69) is 27.3 Å². The van der Waals surface area contributed by atoms with Crippen LogP contribution in [-0.4, -0.2) is 10.2 Å². The highest BCUT2D eigenvalue weighted by atomic mass is 79.9. The van der Waals surface area contributed by atoms with Crippen LogP contribution in [0.2, 0.25) is 0 Å². The number of carbonyl (C=O) groups is 1. The van der Waals surface area contributed by atoms with Gasteiger partial charge in [0.05, 0.1) is 9.89 Å². The Kier molecular flexibility index (Phi) is 4.32. The van der Waals surface area contributed by atoms with Crippen molar-refractivity contribution in [3.63, 3.8) is 0 Å². The van der Waals surface area contributed by atoms with Crippen molar-refractivity contribution in [1.82, 2.24) is 0 Å². The first-order valence-electron chi connectivity index (χ1n) is 6.48. The number of anilines is 1. The predicted octanol–water partition coefficient (Wildman–Crippen LogP) is 4.00. The molecule has 2 rings (SSSR count). The maximum Gasteiger partial charge on any atom is 0.241 e. The Morgan fingerprint density at radius 2 is 2.05 bits per heavy atom. The third kappa shape index (κ3) is 3.18. The molecule has 0 saturated heterocycles. The molecule has 1 heterocycles. The third-order valence-electron chi connectivity index (χ3n) is 3.30. The van der Waals surface area contributed by atoms with Gasteiger partial charge in [0.25, 0.3) is 0 Å². The summed E-state index contributed by atoms with van der Waals surface area (Å²) in [6.07, 6.45) is 5.53. The average molecular weight is 341 g/mol. The summed E-state index contributed by atoms with van der Waals surface area (Å²) in [7, 11) is 0. The first-order valence-corrected chi connectivity index (χ1v) is 8.09. The van der Waals surface area contributed by atoms with Crippen LogP contribution in [-0.2, 0) is 17.6 Å². The lowest BCUT2D eigenvalue weighted by molar-refractivity contribution is -0.117. The Morgan fingerprint density at radius 1 is 1.37 bits per heavy atom. The lowest BCUT2D eigenvalue weighted by Crippen LogP contribution is -2.30. The Balaban J connectivity index is 2.32. The lowest BCUT2D eigenvalue weighted by atomic mass is 10.1. The molecular weight excluding hydrogens is 324 g/mol. The molecule has 0 atom stereocenters. The monoisotopic (exact) mass is 340 g/mol. The van der Waals surface area contributed by atoms with Gasteiger partial charge < -0.3 is 5.32 Å². The molecule has 1 aliphatic rings. The van der Waals surface area contributed by atoms with Gasteiger partial charge in [0, 0.05) is 4.88 Å². The fourth-order valence-corrected chi connectivity index (χ4v) is 3.53. The standard InChI is InChI=1S/C14H17BrN2OS/c1-14(2,15)13(18)17-12-10(8-16)9-6-4-3-5-7-11(9)19-12/h3-7H2,1-2H3,(H,17,18). The van der Waals surface area contributed by atoms with E-state index in [1.165, 1.54) is 17.7 Å². The zero-order valence-corrected chi connectivity index (χ0v) is 13.6. The van der Waals surface area contributed by atoms with Crippen molar-refractivity contribution in [3.8, 4) is 6.07 Å². The molecule has 1 aromatic heterocycles. The summed E-state index contributed by atoms with van der Waals surface area (Å²) < 4.78 is -0.624. The van der Waals surface area contributed by atoms with Crippen molar-refractivity contribution in [2.24, 2.45) is 0 Å². The highest BCUT2D eigenvalue weighted by Gasteiger charge is 2.27. The second-order valence-electron chi connectivity index (χ2n) is 5.31. The summed E-state index contributed by atoms with van der Waals surface area (Å²) in [6.45, 7) is 3.60. The zero-order valence-electron chi connectivity index (χ0n) is 11.2. The highest BCUT2D eigenvalue weighted by Crippen LogP contribution is 2.37. The molecule has 102 valence electrons. The minimum atomic E-state index is -0.624. The maximum atomic E-state index is 12.0. The van der Waals surface area contributed by atoms with E-state index in [1.54, 1.807) is 25.2 Å². The number of nitrogens with zero attached hydrogens (tertiary/aromatic N) is 1. The van der Waals surface area contributed by atoms with Gasteiger partial charge in [0.2, 0.25) is 5.91 Å². The molecule has 0 radical (unpaired) electrons. The maximum absolute atomic E-state index is 12.0. The third-order valence-corrected chi connectivity index (χ3v) is 4.87. The Morgan fingerprint density at radius 3 is 2.68 bits per heavy atom. The van der Waals surface area contributed by atoms with Crippen LogP contribution in [0.25, 0.3) is 0 Å². The van der Waals surface area contributed by atoms with Crippen LogP contribution in [0.1, 0.15) is 49.1 Å². The Bertz CT molecular complexity index is 537. The van der Waals surface area contributed by atoms with Gasteiger partial charge in [0.15, 0.2) is 0 Å². The molecule has 0 fully saturated rings. The fraction of sp³-hybridized carbons (Fsp3) is 0.571. The number of rotatable bonds is 2. The van der Waals surface area contributed by atoms with Crippen molar-refractivity contribution in [1.29, 1.82) is 5.26 Å². The lowest BCUT2D eigenvalue weighted by Gasteiger charge is -2.15. The summed E-state index contributed by atoms with van der Waals surface area (Å²) in [5.41, 5.74) is 1.83. The molecular formula is C14H17BrN2OS. The number of nitrogens with one attached hydrogen (secondary N) is 1. The number of hydrogen-bond acceptors (Lipinski definition) is 3. The first-order chi connectivity index (χ1) is 8.93. The smallest absolute Gasteiger partial charge is 0.241 e. The van der Waals surface area contributed by atoms with Crippen molar-refractivity contribution in [2.45, 2.75) is 50.3 Å². The number of hydrogen-bond donors (Lipinski definition) is 1. The quantitative estimate of drug-likeness (QED) is 0.653. The van der Waals surface area contributed by atoms with E-state index in [-0.39, 0.29) is 5.91 Å². The number of alkyl halides is 1. The summed E-state index contributed by atoms with van der Waals surface area (Å²) in [5, 5.41) is 13.0.